The third kappa shape index (κ3) is 5.41. The van der Waals surface area contributed by atoms with Gasteiger partial charge in [0.2, 0.25) is 5.82 Å². The number of hydrogen-bond acceptors (Lipinski definition) is 5. The zero-order valence-electron chi connectivity index (χ0n) is 17.3. The van der Waals surface area contributed by atoms with Gasteiger partial charge in [-0.2, -0.15) is 22.8 Å². The van der Waals surface area contributed by atoms with Gasteiger partial charge >= 0.3 is 12.2 Å². The molecule has 0 saturated heterocycles. The number of nitrogens with zero attached hydrogens (tertiary/aromatic N) is 3. The zero-order chi connectivity index (χ0) is 25.2. The fraction of sp³-hybridized carbons (Fsp3) is 0.0435. The molecule has 4 rings (SSSR count). The summed E-state index contributed by atoms with van der Waals surface area (Å²) in [5.74, 6) is -3.22. The number of nitriles is 1. The number of amides is 2. The molecule has 0 aliphatic rings. The number of carbonyl (C=O) groups excluding carboxylic acids is 1. The second kappa shape index (κ2) is 9.22. The number of alkyl halides is 3. The van der Waals surface area contributed by atoms with Crippen molar-refractivity contribution in [2.75, 3.05) is 10.6 Å². The highest BCUT2D eigenvalue weighted by atomic mass is 19.4. The first-order chi connectivity index (χ1) is 16.6. The van der Waals surface area contributed by atoms with Crippen LogP contribution in [0.15, 0.2) is 60.8 Å². The van der Waals surface area contributed by atoms with E-state index in [2.05, 4.69) is 20.6 Å². The Bertz CT molecular complexity index is 1480. The van der Waals surface area contributed by atoms with Crippen LogP contribution in [0.4, 0.5) is 38.1 Å². The first-order valence-corrected chi connectivity index (χ1v) is 9.71. The van der Waals surface area contributed by atoms with Gasteiger partial charge in [0.25, 0.3) is 0 Å². The minimum Gasteiger partial charge on any atom is -0.454 e. The molecule has 7 nitrogen and oxygen atoms in total. The van der Waals surface area contributed by atoms with Crippen LogP contribution in [0.5, 0.6) is 11.5 Å². The lowest BCUT2D eigenvalue weighted by molar-refractivity contribution is -0.137. The highest BCUT2D eigenvalue weighted by molar-refractivity contribution is 5.99. The van der Waals surface area contributed by atoms with Gasteiger partial charge in [-0.15, -0.1) is 0 Å². The number of fused-ring (bicyclic) bond motifs is 1. The number of nitrogens with one attached hydrogen (secondary N) is 2. The van der Waals surface area contributed by atoms with Crippen LogP contribution in [-0.2, 0) is 6.18 Å². The van der Waals surface area contributed by atoms with E-state index in [0.29, 0.717) is 11.6 Å². The van der Waals surface area contributed by atoms with E-state index in [1.807, 2.05) is 6.07 Å². The Morgan fingerprint density at radius 3 is 2.49 bits per heavy atom. The second-order valence-corrected chi connectivity index (χ2v) is 7.05. The third-order valence-corrected chi connectivity index (χ3v) is 4.56. The van der Waals surface area contributed by atoms with Crippen molar-refractivity contribution < 1.29 is 31.5 Å². The molecule has 0 spiro atoms. The minimum atomic E-state index is -4.61. The number of halogens is 5. The average molecular weight is 485 g/mol. The van der Waals surface area contributed by atoms with E-state index < -0.39 is 35.2 Å². The first-order valence-electron chi connectivity index (χ1n) is 9.71. The predicted octanol–water partition coefficient (Wildman–Crippen LogP) is 6.23. The number of benzene rings is 3. The molecule has 0 unspecified atom stereocenters. The first kappa shape index (κ1) is 23.4. The van der Waals surface area contributed by atoms with Crippen molar-refractivity contribution in [1.82, 2.24) is 9.97 Å². The van der Waals surface area contributed by atoms with Gasteiger partial charge in [-0.1, -0.05) is 6.07 Å². The summed E-state index contributed by atoms with van der Waals surface area (Å²) in [5, 5.41) is 13.3. The molecule has 1 aromatic heterocycles. The second-order valence-electron chi connectivity index (χ2n) is 7.05. The number of carbonyl (C=O) groups is 1. The lowest BCUT2D eigenvalue weighted by Gasteiger charge is -2.13. The van der Waals surface area contributed by atoms with Crippen LogP contribution in [0.3, 0.4) is 0 Å². The highest BCUT2D eigenvalue weighted by Gasteiger charge is 2.30. The molecular formula is C23H12F5N5O2. The summed E-state index contributed by atoms with van der Waals surface area (Å²) >= 11 is 0. The molecule has 176 valence electrons. The van der Waals surface area contributed by atoms with Crippen LogP contribution in [0.25, 0.3) is 11.0 Å². The fourth-order valence-corrected chi connectivity index (χ4v) is 3.01. The van der Waals surface area contributed by atoms with Gasteiger partial charge in [0.1, 0.15) is 11.8 Å². The Kier molecular flexibility index (Phi) is 6.16. The lowest BCUT2D eigenvalue weighted by atomic mass is 10.2. The quantitative estimate of drug-likeness (QED) is 0.334. The molecule has 4 aromatic rings. The largest absolute Gasteiger partial charge is 0.454 e. The summed E-state index contributed by atoms with van der Waals surface area (Å²) in [6.07, 6.45) is -3.33. The van der Waals surface area contributed by atoms with Crippen molar-refractivity contribution in [2.24, 2.45) is 0 Å². The molecule has 2 amide bonds. The molecule has 0 radical (unpaired) electrons. The molecule has 3 aromatic carbocycles. The lowest BCUT2D eigenvalue weighted by Crippen LogP contribution is -2.20. The summed E-state index contributed by atoms with van der Waals surface area (Å²) in [6, 6.07) is 10.7. The van der Waals surface area contributed by atoms with Crippen molar-refractivity contribution in [3.8, 4) is 17.6 Å². The maximum absolute atomic E-state index is 14.3. The van der Waals surface area contributed by atoms with E-state index in [-0.39, 0.29) is 28.3 Å². The summed E-state index contributed by atoms with van der Waals surface area (Å²) < 4.78 is 72.4. The Hall–Kier alpha value is -4.79. The van der Waals surface area contributed by atoms with Crippen molar-refractivity contribution in [3.05, 3.63) is 83.7 Å². The van der Waals surface area contributed by atoms with E-state index >= 15 is 0 Å². The molecule has 0 bridgehead atoms. The van der Waals surface area contributed by atoms with Crippen LogP contribution in [0.2, 0.25) is 0 Å². The molecule has 35 heavy (non-hydrogen) atoms. The molecule has 12 heteroatoms. The summed E-state index contributed by atoms with van der Waals surface area (Å²) in [5.41, 5.74) is -0.603. The molecule has 1 heterocycles. The van der Waals surface area contributed by atoms with Crippen LogP contribution < -0.4 is 15.4 Å². The molecule has 0 saturated carbocycles. The predicted molar refractivity (Wildman–Crippen MR) is 115 cm³/mol. The fourth-order valence-electron chi connectivity index (χ4n) is 3.01. The van der Waals surface area contributed by atoms with Crippen LogP contribution in [0.1, 0.15) is 11.3 Å². The number of hydrogen-bond donors (Lipinski definition) is 2. The van der Waals surface area contributed by atoms with Gasteiger partial charge in [0, 0.05) is 29.6 Å². The van der Waals surface area contributed by atoms with Crippen LogP contribution in [0, 0.1) is 23.0 Å². The topological polar surface area (TPSA) is 99.9 Å². The van der Waals surface area contributed by atoms with Crippen molar-refractivity contribution >= 4 is 28.4 Å². The monoisotopic (exact) mass is 485 g/mol. The molecule has 2 N–H and O–H groups in total. The standard InChI is InChI=1S/C23H12F5N5O2/c24-17-7-14(33-22(34)32-13-3-1-2-12(6-13)23(26,27)28)8-20(21(17)25)35-16-4-5-18-19(9-16)31-15(10-29)11-30-18/h1-9,11H,(H2,32,33,34). The van der Waals surface area contributed by atoms with Gasteiger partial charge in [0.15, 0.2) is 17.3 Å². The maximum Gasteiger partial charge on any atom is 0.416 e. The van der Waals surface area contributed by atoms with Crippen molar-refractivity contribution in [3.63, 3.8) is 0 Å². The molecule has 0 fully saturated rings. The Labute approximate surface area is 193 Å². The van der Waals surface area contributed by atoms with Gasteiger partial charge < -0.3 is 15.4 Å². The third-order valence-electron chi connectivity index (χ3n) is 4.56. The van der Waals surface area contributed by atoms with E-state index in [1.54, 1.807) is 0 Å². The zero-order valence-corrected chi connectivity index (χ0v) is 17.3. The highest BCUT2D eigenvalue weighted by Crippen LogP contribution is 2.32. The number of ether oxygens (including phenoxy) is 1. The Morgan fingerprint density at radius 2 is 1.74 bits per heavy atom. The normalized spacial score (nSPS) is 11.1. The van der Waals surface area contributed by atoms with Gasteiger partial charge in [-0.3, -0.25) is 4.98 Å². The van der Waals surface area contributed by atoms with Crippen molar-refractivity contribution in [1.29, 1.82) is 5.26 Å². The Morgan fingerprint density at radius 1 is 0.971 bits per heavy atom. The minimum absolute atomic E-state index is 0.0462. The van der Waals surface area contributed by atoms with Gasteiger partial charge in [0.05, 0.1) is 22.8 Å². The molecule has 0 aliphatic heterocycles. The van der Waals surface area contributed by atoms with E-state index in [9.17, 15) is 26.7 Å². The number of rotatable bonds is 4. The SMILES string of the molecule is N#Cc1cnc2ccc(Oc3cc(NC(=O)Nc4cccc(C(F)(F)F)c4)cc(F)c3F)cc2n1. The number of anilines is 2. The van der Waals surface area contributed by atoms with E-state index in [4.69, 9.17) is 10.00 Å². The van der Waals surface area contributed by atoms with Gasteiger partial charge in [-0.05, 0) is 30.3 Å². The smallest absolute Gasteiger partial charge is 0.416 e. The van der Waals surface area contributed by atoms with Crippen LogP contribution in [-0.4, -0.2) is 16.0 Å². The summed E-state index contributed by atoms with van der Waals surface area (Å²) in [7, 11) is 0. The molecule has 0 atom stereocenters. The maximum atomic E-state index is 14.3. The number of aromatic nitrogens is 2. The Balaban J connectivity index is 1.54. The van der Waals surface area contributed by atoms with Gasteiger partial charge in [-0.25, -0.2) is 14.2 Å². The average Bonchev–Trinajstić information content (AvgIpc) is 2.81. The van der Waals surface area contributed by atoms with Crippen LogP contribution >= 0.6 is 0 Å². The van der Waals surface area contributed by atoms with E-state index in [0.717, 1.165) is 24.3 Å². The molecule has 0 aliphatic carbocycles. The van der Waals surface area contributed by atoms with Crippen molar-refractivity contribution in [2.45, 2.75) is 6.18 Å². The number of urea groups is 1. The summed E-state index contributed by atoms with van der Waals surface area (Å²) in [4.78, 5) is 20.3. The summed E-state index contributed by atoms with van der Waals surface area (Å²) in [6.45, 7) is 0. The van der Waals surface area contributed by atoms with E-state index in [1.165, 1.54) is 30.5 Å². The molecular weight excluding hydrogens is 473 g/mol.